The molecule has 0 spiro atoms. The molecule has 2 unspecified atom stereocenters. The smallest absolute Gasteiger partial charge is 0.0713 e. The van der Waals surface area contributed by atoms with Crippen molar-refractivity contribution in [3.05, 3.63) is 0 Å². The van der Waals surface area contributed by atoms with Crippen LogP contribution >= 0.6 is 15.9 Å². The second-order valence-electron chi connectivity index (χ2n) is 2.84. The number of hydrogen-bond donors (Lipinski definition) is 0. The quantitative estimate of drug-likeness (QED) is 0.630. The molecule has 1 rings (SSSR count). The van der Waals surface area contributed by atoms with Gasteiger partial charge in [-0.2, -0.15) is 0 Å². The molecule has 0 bridgehead atoms. The first-order valence-electron chi connectivity index (χ1n) is 3.57. The predicted octanol–water partition coefficient (Wildman–Crippen LogP) is 1.10. The highest BCUT2D eigenvalue weighted by Crippen LogP contribution is 2.18. The number of rotatable bonds is 2. The summed E-state index contributed by atoms with van der Waals surface area (Å²) in [5, 5.41) is 1.06. The molecule has 0 aromatic rings. The van der Waals surface area contributed by atoms with Crippen LogP contribution < -0.4 is 0 Å². The first-order valence-corrected chi connectivity index (χ1v) is 4.69. The molecule has 10 heavy (non-hydrogen) atoms. The van der Waals surface area contributed by atoms with Gasteiger partial charge in [0.15, 0.2) is 0 Å². The van der Waals surface area contributed by atoms with E-state index in [1.807, 2.05) is 0 Å². The summed E-state index contributed by atoms with van der Waals surface area (Å²) in [5.74, 6) is 0. The van der Waals surface area contributed by atoms with Gasteiger partial charge in [-0.1, -0.05) is 15.9 Å². The Morgan fingerprint density at radius 1 is 1.70 bits per heavy atom. The van der Waals surface area contributed by atoms with Gasteiger partial charge in [0, 0.05) is 25.0 Å². The molecule has 0 aromatic heterocycles. The van der Waals surface area contributed by atoms with E-state index in [0.717, 1.165) is 18.3 Å². The minimum atomic E-state index is 0.451. The van der Waals surface area contributed by atoms with Gasteiger partial charge in [-0.15, -0.1) is 0 Å². The number of nitrogens with zero attached hydrogens (tertiary/aromatic N) is 1. The fourth-order valence-electron chi connectivity index (χ4n) is 1.38. The van der Waals surface area contributed by atoms with Gasteiger partial charge in [0.05, 0.1) is 6.10 Å². The van der Waals surface area contributed by atoms with Crippen molar-refractivity contribution in [2.24, 2.45) is 0 Å². The first kappa shape index (κ1) is 8.50. The summed E-state index contributed by atoms with van der Waals surface area (Å²) in [5.41, 5.74) is 0. The van der Waals surface area contributed by atoms with Crippen molar-refractivity contribution >= 4 is 15.9 Å². The third-order valence-electron chi connectivity index (χ3n) is 2.16. The summed E-state index contributed by atoms with van der Waals surface area (Å²) in [7, 11) is 3.93. The molecule has 0 N–H and O–H groups in total. The van der Waals surface area contributed by atoms with Gasteiger partial charge in [0.25, 0.3) is 0 Å². The van der Waals surface area contributed by atoms with E-state index in [1.54, 1.807) is 7.11 Å². The zero-order valence-electron chi connectivity index (χ0n) is 6.51. The molecular weight excluding hydrogens is 194 g/mol. The molecule has 0 aromatic carbocycles. The van der Waals surface area contributed by atoms with Crippen LogP contribution in [0.3, 0.4) is 0 Å². The van der Waals surface area contributed by atoms with Gasteiger partial charge >= 0.3 is 0 Å². The maximum absolute atomic E-state index is 5.25. The van der Waals surface area contributed by atoms with Crippen LogP contribution in [-0.4, -0.2) is 43.1 Å². The van der Waals surface area contributed by atoms with Gasteiger partial charge in [-0.3, -0.25) is 4.90 Å². The molecule has 1 saturated heterocycles. The molecule has 0 saturated carbocycles. The zero-order valence-corrected chi connectivity index (χ0v) is 8.10. The van der Waals surface area contributed by atoms with E-state index in [1.165, 1.54) is 0 Å². The first-order chi connectivity index (χ1) is 4.77. The number of methoxy groups -OCH3 is 1. The number of alkyl halides is 1. The molecule has 1 heterocycles. The third-order valence-corrected chi connectivity index (χ3v) is 2.91. The minimum Gasteiger partial charge on any atom is -0.380 e. The lowest BCUT2D eigenvalue weighted by Crippen LogP contribution is -2.26. The molecule has 0 aliphatic carbocycles. The Morgan fingerprint density at radius 3 is 2.70 bits per heavy atom. The van der Waals surface area contributed by atoms with Crippen molar-refractivity contribution in [1.82, 2.24) is 4.90 Å². The van der Waals surface area contributed by atoms with Crippen molar-refractivity contribution in [2.75, 3.05) is 26.0 Å². The molecule has 0 radical (unpaired) electrons. The average molecular weight is 208 g/mol. The van der Waals surface area contributed by atoms with Gasteiger partial charge in [0.2, 0.25) is 0 Å². The van der Waals surface area contributed by atoms with Gasteiger partial charge in [0.1, 0.15) is 0 Å². The Hall–Kier alpha value is 0.400. The lowest BCUT2D eigenvalue weighted by atomic mass is 10.2. The topological polar surface area (TPSA) is 12.5 Å². The molecule has 3 heteroatoms. The monoisotopic (exact) mass is 207 g/mol. The Bertz CT molecular complexity index is 110. The molecular formula is C7H14BrNO. The third kappa shape index (κ3) is 1.71. The van der Waals surface area contributed by atoms with Crippen molar-refractivity contribution in [3.63, 3.8) is 0 Å². The highest BCUT2D eigenvalue weighted by atomic mass is 79.9. The second kappa shape index (κ2) is 3.69. The van der Waals surface area contributed by atoms with Crippen LogP contribution in [0.2, 0.25) is 0 Å². The number of halogens is 1. The van der Waals surface area contributed by atoms with Crippen LogP contribution in [0, 0.1) is 0 Å². The van der Waals surface area contributed by atoms with E-state index in [4.69, 9.17) is 4.74 Å². The highest BCUT2D eigenvalue weighted by molar-refractivity contribution is 9.09. The van der Waals surface area contributed by atoms with Crippen LogP contribution in [0.1, 0.15) is 6.42 Å². The second-order valence-corrected chi connectivity index (χ2v) is 3.49. The van der Waals surface area contributed by atoms with E-state index in [2.05, 4.69) is 27.9 Å². The van der Waals surface area contributed by atoms with Crippen LogP contribution in [0.15, 0.2) is 0 Å². The fourth-order valence-corrected chi connectivity index (χ4v) is 2.14. The van der Waals surface area contributed by atoms with Crippen LogP contribution in [0.25, 0.3) is 0 Å². The predicted molar refractivity (Wildman–Crippen MR) is 45.6 cm³/mol. The fraction of sp³-hybridized carbons (Fsp3) is 1.00. The van der Waals surface area contributed by atoms with Crippen LogP contribution in [0.4, 0.5) is 0 Å². The molecule has 1 fully saturated rings. The lowest BCUT2D eigenvalue weighted by molar-refractivity contribution is 0.111. The zero-order chi connectivity index (χ0) is 7.56. The van der Waals surface area contributed by atoms with Crippen molar-refractivity contribution in [2.45, 2.75) is 18.6 Å². The van der Waals surface area contributed by atoms with E-state index >= 15 is 0 Å². The van der Waals surface area contributed by atoms with E-state index < -0.39 is 0 Å². The van der Waals surface area contributed by atoms with Crippen LogP contribution in [0.5, 0.6) is 0 Å². The molecule has 1 aliphatic rings. The number of likely N-dealkylation sites (tertiary alicyclic amines) is 1. The molecule has 2 nitrogen and oxygen atoms in total. The standard InChI is InChI=1S/C7H14BrNO/c1-9-5-7(10-2)3-6(9)4-8/h6-7H,3-5H2,1-2H3. The molecule has 2 atom stereocenters. The molecule has 0 amide bonds. The van der Waals surface area contributed by atoms with Crippen molar-refractivity contribution in [1.29, 1.82) is 0 Å². The largest absolute Gasteiger partial charge is 0.380 e. The molecule has 1 aliphatic heterocycles. The summed E-state index contributed by atoms with van der Waals surface area (Å²) in [6.07, 6.45) is 1.62. The Balaban J connectivity index is 2.36. The van der Waals surface area contributed by atoms with Gasteiger partial charge in [-0.05, 0) is 13.5 Å². The van der Waals surface area contributed by atoms with E-state index in [0.29, 0.717) is 12.1 Å². The lowest BCUT2D eigenvalue weighted by Gasteiger charge is -2.14. The summed E-state index contributed by atoms with van der Waals surface area (Å²) in [6.45, 7) is 1.08. The highest BCUT2D eigenvalue weighted by Gasteiger charge is 2.27. The summed E-state index contributed by atoms with van der Waals surface area (Å²) in [6, 6.07) is 0.671. The number of ether oxygens (including phenoxy) is 1. The minimum absolute atomic E-state index is 0.451. The Morgan fingerprint density at radius 2 is 2.40 bits per heavy atom. The SMILES string of the molecule is COC1CC(CBr)N(C)C1. The summed E-state index contributed by atoms with van der Waals surface area (Å²) in [4.78, 5) is 2.34. The van der Waals surface area contributed by atoms with Crippen molar-refractivity contribution in [3.8, 4) is 0 Å². The Kier molecular flexibility index (Phi) is 3.14. The maximum atomic E-state index is 5.25. The summed E-state index contributed by atoms with van der Waals surface area (Å²) < 4.78 is 5.25. The molecule has 60 valence electrons. The Labute approximate surface area is 70.7 Å². The van der Waals surface area contributed by atoms with Crippen molar-refractivity contribution < 1.29 is 4.74 Å². The number of likely N-dealkylation sites (N-methyl/N-ethyl adjacent to an activating group) is 1. The van der Waals surface area contributed by atoms with Gasteiger partial charge in [-0.25, -0.2) is 0 Å². The summed E-state index contributed by atoms with van der Waals surface area (Å²) >= 11 is 3.48. The van der Waals surface area contributed by atoms with E-state index in [-0.39, 0.29) is 0 Å². The normalized spacial score (nSPS) is 35.1. The van der Waals surface area contributed by atoms with Crippen LogP contribution in [-0.2, 0) is 4.74 Å². The maximum Gasteiger partial charge on any atom is 0.0713 e. The van der Waals surface area contributed by atoms with Gasteiger partial charge < -0.3 is 4.74 Å². The average Bonchev–Trinajstić information content (AvgIpc) is 2.30. The van der Waals surface area contributed by atoms with E-state index in [9.17, 15) is 0 Å². The number of hydrogen-bond acceptors (Lipinski definition) is 2.